The van der Waals surface area contributed by atoms with Crippen LogP contribution in [0.1, 0.15) is 20.8 Å². The van der Waals surface area contributed by atoms with E-state index in [1.54, 1.807) is 0 Å². The summed E-state index contributed by atoms with van der Waals surface area (Å²) in [5.41, 5.74) is 1.70. The molecule has 0 fully saturated rings. The van der Waals surface area contributed by atoms with E-state index in [0.29, 0.717) is 5.11 Å². The van der Waals surface area contributed by atoms with E-state index in [0.717, 1.165) is 24.5 Å². The van der Waals surface area contributed by atoms with Crippen molar-refractivity contribution in [2.24, 2.45) is 0 Å². The Bertz CT molecular complexity index is 413. The predicted octanol–water partition coefficient (Wildman–Crippen LogP) is 2.68. The number of amides is 1. The third kappa shape index (κ3) is 4.33. The highest BCUT2D eigenvalue weighted by atomic mass is 32.1. The Hall–Kier alpha value is -1.62. The van der Waals surface area contributed by atoms with Gasteiger partial charge in [-0.25, -0.2) is 0 Å². The average Bonchev–Trinajstić information content (AvgIpc) is 2.32. The lowest BCUT2D eigenvalue weighted by Crippen LogP contribution is -2.34. The zero-order valence-corrected chi connectivity index (χ0v) is 11.8. The molecule has 0 atom stereocenters. The first kappa shape index (κ1) is 14.4. The molecule has 0 saturated heterocycles. The van der Waals surface area contributed by atoms with E-state index in [9.17, 15) is 4.79 Å². The number of hydrogen-bond donors (Lipinski definition) is 2. The summed E-state index contributed by atoms with van der Waals surface area (Å²) >= 11 is 5.30. The quantitative estimate of drug-likeness (QED) is 0.822. The van der Waals surface area contributed by atoms with Crippen LogP contribution < -0.4 is 10.6 Å². The van der Waals surface area contributed by atoms with Crippen LogP contribution in [0.15, 0.2) is 24.3 Å². The molecule has 0 aliphatic carbocycles. The summed E-state index contributed by atoms with van der Waals surface area (Å²) < 4.78 is 0. The number of carbonyl (C=O) groups excluding carboxylic acids is 1. The van der Waals surface area contributed by atoms with Crippen molar-refractivity contribution in [2.45, 2.75) is 20.8 Å². The monoisotopic (exact) mass is 265 g/mol. The number of thiocarbonyl (C=S) groups is 1. The fourth-order valence-corrected chi connectivity index (χ4v) is 1.93. The molecule has 0 radical (unpaired) electrons. The Morgan fingerprint density at radius 3 is 1.94 bits per heavy atom. The number of benzene rings is 1. The SMILES string of the molecule is CCN(CC)C(=S)Nc1ccc(NC(C)=O)cc1. The second-order valence-electron chi connectivity index (χ2n) is 3.86. The first-order valence-corrected chi connectivity index (χ1v) is 6.41. The Morgan fingerprint density at radius 1 is 1.11 bits per heavy atom. The van der Waals surface area contributed by atoms with Gasteiger partial charge in [-0.05, 0) is 50.3 Å². The van der Waals surface area contributed by atoms with Crippen LogP contribution in [0.4, 0.5) is 11.4 Å². The molecule has 5 heteroatoms. The minimum absolute atomic E-state index is 0.0747. The summed E-state index contributed by atoms with van der Waals surface area (Å²) in [6.45, 7) is 7.38. The molecule has 98 valence electrons. The normalized spacial score (nSPS) is 9.72. The molecule has 0 unspecified atom stereocenters. The van der Waals surface area contributed by atoms with E-state index in [2.05, 4.69) is 29.4 Å². The molecule has 0 aromatic heterocycles. The van der Waals surface area contributed by atoms with E-state index in [4.69, 9.17) is 12.2 Å². The maximum atomic E-state index is 10.9. The molecule has 4 nitrogen and oxygen atoms in total. The number of nitrogens with zero attached hydrogens (tertiary/aromatic N) is 1. The summed E-state index contributed by atoms with van der Waals surface area (Å²) in [4.78, 5) is 13.0. The minimum atomic E-state index is -0.0747. The van der Waals surface area contributed by atoms with Crippen molar-refractivity contribution < 1.29 is 4.79 Å². The van der Waals surface area contributed by atoms with Crippen LogP contribution in [-0.4, -0.2) is 29.0 Å². The van der Waals surface area contributed by atoms with Gasteiger partial charge in [-0.1, -0.05) is 0 Å². The summed E-state index contributed by atoms with van der Waals surface area (Å²) in [6.07, 6.45) is 0. The molecule has 0 aliphatic heterocycles. The lowest BCUT2D eigenvalue weighted by atomic mass is 10.3. The van der Waals surface area contributed by atoms with Gasteiger partial charge in [-0.15, -0.1) is 0 Å². The van der Waals surface area contributed by atoms with Crippen molar-refractivity contribution in [3.05, 3.63) is 24.3 Å². The lowest BCUT2D eigenvalue weighted by Gasteiger charge is -2.22. The molecular formula is C13H19N3OS. The largest absolute Gasteiger partial charge is 0.350 e. The molecule has 0 bridgehead atoms. The van der Waals surface area contributed by atoms with Crippen LogP contribution in [0.3, 0.4) is 0 Å². The van der Waals surface area contributed by atoms with Crippen LogP contribution in [0.2, 0.25) is 0 Å². The van der Waals surface area contributed by atoms with Crippen molar-refractivity contribution in [3.8, 4) is 0 Å². The highest BCUT2D eigenvalue weighted by molar-refractivity contribution is 7.80. The first-order chi connectivity index (χ1) is 8.56. The first-order valence-electron chi connectivity index (χ1n) is 6.00. The highest BCUT2D eigenvalue weighted by Gasteiger charge is 2.05. The van der Waals surface area contributed by atoms with Crippen LogP contribution in [0, 0.1) is 0 Å². The van der Waals surface area contributed by atoms with Crippen molar-refractivity contribution >= 4 is 34.6 Å². The van der Waals surface area contributed by atoms with Gasteiger partial charge in [-0.2, -0.15) is 0 Å². The van der Waals surface area contributed by atoms with E-state index >= 15 is 0 Å². The van der Waals surface area contributed by atoms with Crippen LogP contribution in [-0.2, 0) is 4.79 Å². The Labute approximate surface area is 113 Å². The molecule has 0 aliphatic rings. The van der Waals surface area contributed by atoms with Gasteiger partial charge in [0.2, 0.25) is 5.91 Å². The van der Waals surface area contributed by atoms with E-state index in [-0.39, 0.29) is 5.91 Å². The van der Waals surface area contributed by atoms with Crippen molar-refractivity contribution in [2.75, 3.05) is 23.7 Å². The highest BCUT2D eigenvalue weighted by Crippen LogP contribution is 2.14. The standard InChI is InChI=1S/C13H19N3OS/c1-4-16(5-2)13(18)15-12-8-6-11(7-9-12)14-10(3)17/h6-9H,4-5H2,1-3H3,(H,14,17)(H,15,18). The zero-order chi connectivity index (χ0) is 13.5. The Kier molecular flexibility index (Phi) is 5.58. The number of rotatable bonds is 4. The molecule has 1 amide bonds. The van der Waals surface area contributed by atoms with Gasteiger partial charge in [-0.3, -0.25) is 4.79 Å². The molecule has 0 spiro atoms. The minimum Gasteiger partial charge on any atom is -0.350 e. The van der Waals surface area contributed by atoms with E-state index in [1.165, 1.54) is 6.92 Å². The third-order valence-corrected chi connectivity index (χ3v) is 2.87. The van der Waals surface area contributed by atoms with Gasteiger partial charge in [0.15, 0.2) is 5.11 Å². The number of nitrogens with one attached hydrogen (secondary N) is 2. The smallest absolute Gasteiger partial charge is 0.221 e. The maximum absolute atomic E-state index is 10.9. The number of carbonyl (C=O) groups is 1. The maximum Gasteiger partial charge on any atom is 0.221 e. The zero-order valence-electron chi connectivity index (χ0n) is 11.0. The summed E-state index contributed by atoms with van der Waals surface area (Å²) in [7, 11) is 0. The molecule has 18 heavy (non-hydrogen) atoms. The second-order valence-corrected chi connectivity index (χ2v) is 4.25. The van der Waals surface area contributed by atoms with Crippen molar-refractivity contribution in [1.29, 1.82) is 0 Å². The lowest BCUT2D eigenvalue weighted by molar-refractivity contribution is -0.114. The molecule has 2 N–H and O–H groups in total. The Balaban J connectivity index is 2.63. The van der Waals surface area contributed by atoms with Crippen LogP contribution in [0.5, 0.6) is 0 Å². The molecule has 0 saturated carbocycles. The van der Waals surface area contributed by atoms with E-state index in [1.807, 2.05) is 24.3 Å². The predicted molar refractivity (Wildman–Crippen MR) is 79.9 cm³/mol. The fourth-order valence-electron chi connectivity index (χ4n) is 1.55. The molecule has 1 rings (SSSR count). The number of hydrogen-bond acceptors (Lipinski definition) is 2. The topological polar surface area (TPSA) is 44.4 Å². The summed E-state index contributed by atoms with van der Waals surface area (Å²) in [6, 6.07) is 7.46. The Morgan fingerprint density at radius 2 is 1.56 bits per heavy atom. The van der Waals surface area contributed by atoms with Crippen LogP contribution in [0.25, 0.3) is 0 Å². The summed E-state index contributed by atoms with van der Waals surface area (Å²) in [5.74, 6) is -0.0747. The van der Waals surface area contributed by atoms with Gasteiger partial charge in [0.1, 0.15) is 0 Å². The molecule has 1 aromatic rings. The van der Waals surface area contributed by atoms with Crippen molar-refractivity contribution in [3.63, 3.8) is 0 Å². The molecule has 1 aromatic carbocycles. The van der Waals surface area contributed by atoms with E-state index < -0.39 is 0 Å². The van der Waals surface area contributed by atoms with Gasteiger partial charge < -0.3 is 15.5 Å². The van der Waals surface area contributed by atoms with Gasteiger partial charge in [0, 0.05) is 31.4 Å². The fraction of sp³-hybridized carbons (Fsp3) is 0.385. The van der Waals surface area contributed by atoms with Gasteiger partial charge in [0.05, 0.1) is 0 Å². The summed E-state index contributed by atoms with van der Waals surface area (Å²) in [5, 5.41) is 6.60. The third-order valence-electron chi connectivity index (χ3n) is 2.51. The average molecular weight is 265 g/mol. The molecular weight excluding hydrogens is 246 g/mol. The van der Waals surface area contributed by atoms with Crippen LogP contribution >= 0.6 is 12.2 Å². The number of anilines is 2. The molecule has 0 heterocycles. The van der Waals surface area contributed by atoms with Crippen molar-refractivity contribution in [1.82, 2.24) is 4.90 Å². The second kappa shape index (κ2) is 6.96. The van der Waals surface area contributed by atoms with Gasteiger partial charge in [0.25, 0.3) is 0 Å². The van der Waals surface area contributed by atoms with Gasteiger partial charge >= 0.3 is 0 Å².